The van der Waals surface area contributed by atoms with Crippen LogP contribution in [-0.4, -0.2) is 16.3 Å². The number of aliphatic hydroxyl groups excluding tert-OH is 2. The van der Waals surface area contributed by atoms with Crippen molar-refractivity contribution in [3.05, 3.63) is 35.6 Å². The van der Waals surface area contributed by atoms with E-state index in [1.54, 1.807) is 0 Å². The van der Waals surface area contributed by atoms with Crippen LogP contribution in [0.4, 0.5) is 0 Å². The van der Waals surface area contributed by atoms with Gasteiger partial charge in [0.25, 0.3) is 0 Å². The van der Waals surface area contributed by atoms with Crippen LogP contribution in [0.5, 0.6) is 0 Å². The summed E-state index contributed by atoms with van der Waals surface area (Å²) in [5.41, 5.74) is 2.20. The van der Waals surface area contributed by atoms with Crippen LogP contribution < -0.4 is 0 Å². The predicted octanol–water partition coefficient (Wildman–Crippen LogP) is 4.53. The fraction of sp³-hybridized carbons (Fsp3) is 0.700. The Hall–Kier alpha value is -1.02. The largest absolute Gasteiger partial charge is 0.507 e. The highest BCUT2D eigenvalue weighted by Gasteiger charge is 2.58. The Balaban J connectivity index is 1.78. The lowest BCUT2D eigenvalue weighted by Gasteiger charge is -2.55. The van der Waals surface area contributed by atoms with Crippen molar-refractivity contribution in [1.29, 1.82) is 0 Å². The van der Waals surface area contributed by atoms with Gasteiger partial charge in [-0.2, -0.15) is 0 Å². The average Bonchev–Trinajstić information content (AvgIpc) is 2.79. The first kappa shape index (κ1) is 14.6. The summed E-state index contributed by atoms with van der Waals surface area (Å²) in [7, 11) is 0. The molecule has 2 heteroatoms. The first-order chi connectivity index (χ1) is 10.4. The molecule has 0 aromatic rings. The lowest BCUT2D eigenvalue weighted by atomic mass is 9.49. The fourth-order valence-corrected chi connectivity index (χ4v) is 6.17. The van der Waals surface area contributed by atoms with E-state index in [4.69, 9.17) is 0 Å². The summed E-state index contributed by atoms with van der Waals surface area (Å²) in [5, 5.41) is 21.0. The molecule has 0 aromatic heterocycles. The minimum absolute atomic E-state index is 0.0829. The van der Waals surface area contributed by atoms with Gasteiger partial charge in [0.15, 0.2) is 0 Å². The van der Waals surface area contributed by atoms with Gasteiger partial charge in [-0.15, -0.1) is 0 Å². The smallest absolute Gasteiger partial charge is 0.121 e. The highest BCUT2D eigenvalue weighted by molar-refractivity contribution is 5.44. The summed E-state index contributed by atoms with van der Waals surface area (Å²) < 4.78 is 0. The van der Waals surface area contributed by atoms with E-state index >= 15 is 0 Å². The van der Waals surface area contributed by atoms with Gasteiger partial charge in [-0.3, -0.25) is 0 Å². The quantitative estimate of drug-likeness (QED) is 0.690. The lowest BCUT2D eigenvalue weighted by molar-refractivity contribution is -0.0477. The van der Waals surface area contributed by atoms with Gasteiger partial charge in [-0.1, -0.05) is 32.6 Å². The third-order valence-electron chi connectivity index (χ3n) is 7.74. The van der Waals surface area contributed by atoms with Gasteiger partial charge >= 0.3 is 0 Å². The molecule has 0 amide bonds. The topological polar surface area (TPSA) is 40.5 Å². The number of allylic oxidation sites excluding steroid dienone is 4. The molecule has 2 N–H and O–H groups in total. The van der Waals surface area contributed by atoms with E-state index < -0.39 is 0 Å². The normalized spacial score (nSPS) is 50.6. The van der Waals surface area contributed by atoms with Crippen LogP contribution >= 0.6 is 0 Å². The summed E-state index contributed by atoms with van der Waals surface area (Å²) in [5.74, 6) is 2.21. The maximum absolute atomic E-state index is 10.5. The maximum atomic E-state index is 10.5. The number of rotatable bonds is 0. The number of aliphatic hydroxyl groups is 2. The van der Waals surface area contributed by atoms with Gasteiger partial charge in [0.05, 0.1) is 6.10 Å². The highest BCUT2D eigenvalue weighted by Crippen LogP contribution is 2.64. The van der Waals surface area contributed by atoms with Crippen LogP contribution in [0, 0.1) is 28.6 Å². The van der Waals surface area contributed by atoms with Crippen LogP contribution in [0.2, 0.25) is 0 Å². The van der Waals surface area contributed by atoms with Gasteiger partial charge in [0, 0.05) is 5.57 Å². The maximum Gasteiger partial charge on any atom is 0.121 e. The predicted molar refractivity (Wildman–Crippen MR) is 88.3 cm³/mol. The van der Waals surface area contributed by atoms with E-state index in [9.17, 15) is 10.2 Å². The Morgan fingerprint density at radius 2 is 1.91 bits per heavy atom. The molecule has 0 radical (unpaired) electrons. The molecule has 120 valence electrons. The van der Waals surface area contributed by atoms with E-state index in [0.29, 0.717) is 23.5 Å². The van der Waals surface area contributed by atoms with Crippen LogP contribution in [0.3, 0.4) is 0 Å². The molecule has 0 aromatic carbocycles. The van der Waals surface area contributed by atoms with Gasteiger partial charge in [-0.25, -0.2) is 0 Å². The fourth-order valence-electron chi connectivity index (χ4n) is 6.17. The van der Waals surface area contributed by atoms with Crippen molar-refractivity contribution in [1.82, 2.24) is 0 Å². The van der Waals surface area contributed by atoms with E-state index in [1.807, 2.05) is 0 Å². The molecular weight excluding hydrogens is 272 g/mol. The van der Waals surface area contributed by atoms with E-state index in [0.717, 1.165) is 43.3 Å². The van der Waals surface area contributed by atoms with Gasteiger partial charge in [-0.05, 0) is 72.7 Å². The summed E-state index contributed by atoms with van der Waals surface area (Å²) in [6.45, 7) is 8.67. The number of fused-ring (bicyclic) bond motifs is 5. The second-order valence-electron chi connectivity index (χ2n) is 8.57. The third-order valence-corrected chi connectivity index (χ3v) is 7.74. The summed E-state index contributed by atoms with van der Waals surface area (Å²) in [6, 6.07) is 0. The molecule has 0 unspecified atom stereocenters. The Bertz CT molecular complexity index is 587. The van der Waals surface area contributed by atoms with Gasteiger partial charge in [0.2, 0.25) is 0 Å². The van der Waals surface area contributed by atoms with Crippen LogP contribution in [0.15, 0.2) is 35.6 Å². The zero-order chi connectivity index (χ0) is 15.7. The SMILES string of the molecule is C=C1CC[C@@]2(C)C(=C1O)C=C[C@H]1[C@@H]3CC[C@H](O)[C@@]3(C)CC[C@@H]12. The third kappa shape index (κ3) is 1.65. The van der Waals surface area contributed by atoms with Gasteiger partial charge in [0.1, 0.15) is 5.76 Å². The molecular formula is C20H28O2. The molecule has 2 saturated carbocycles. The molecule has 2 nitrogen and oxygen atoms in total. The van der Waals surface area contributed by atoms with E-state index in [-0.39, 0.29) is 16.9 Å². The van der Waals surface area contributed by atoms with E-state index in [2.05, 4.69) is 32.6 Å². The van der Waals surface area contributed by atoms with Crippen molar-refractivity contribution < 1.29 is 10.2 Å². The van der Waals surface area contributed by atoms with Crippen molar-refractivity contribution in [2.75, 3.05) is 0 Å². The molecule has 0 bridgehead atoms. The summed E-state index contributed by atoms with van der Waals surface area (Å²) in [6.07, 6.45) is 10.8. The van der Waals surface area contributed by atoms with Gasteiger partial charge < -0.3 is 10.2 Å². The minimum Gasteiger partial charge on any atom is -0.507 e. The lowest BCUT2D eigenvalue weighted by Crippen LogP contribution is -2.49. The second kappa shape index (κ2) is 4.50. The molecule has 4 aliphatic rings. The zero-order valence-corrected chi connectivity index (χ0v) is 13.8. The first-order valence-corrected chi connectivity index (χ1v) is 8.86. The van der Waals surface area contributed by atoms with Crippen LogP contribution in [0.25, 0.3) is 0 Å². The molecule has 0 spiro atoms. The molecule has 22 heavy (non-hydrogen) atoms. The van der Waals surface area contributed by atoms with Crippen molar-refractivity contribution in [2.24, 2.45) is 28.6 Å². The van der Waals surface area contributed by atoms with Crippen LogP contribution in [0.1, 0.15) is 52.4 Å². The summed E-state index contributed by atoms with van der Waals surface area (Å²) in [4.78, 5) is 0. The van der Waals surface area contributed by atoms with E-state index in [1.165, 1.54) is 6.42 Å². The Morgan fingerprint density at radius 3 is 2.68 bits per heavy atom. The minimum atomic E-state index is -0.129. The monoisotopic (exact) mass is 300 g/mol. The molecule has 0 aliphatic heterocycles. The van der Waals surface area contributed by atoms with Crippen molar-refractivity contribution in [2.45, 2.75) is 58.5 Å². The second-order valence-corrected chi connectivity index (χ2v) is 8.57. The van der Waals surface area contributed by atoms with Crippen molar-refractivity contribution in [3.63, 3.8) is 0 Å². The Kier molecular flexibility index (Phi) is 2.98. The molecule has 4 aliphatic carbocycles. The zero-order valence-electron chi connectivity index (χ0n) is 13.8. The van der Waals surface area contributed by atoms with Crippen molar-refractivity contribution in [3.8, 4) is 0 Å². The average molecular weight is 300 g/mol. The summed E-state index contributed by atoms with van der Waals surface area (Å²) >= 11 is 0. The number of hydrogen-bond donors (Lipinski definition) is 2. The highest BCUT2D eigenvalue weighted by atomic mass is 16.3. The Labute approximate surface area is 133 Å². The van der Waals surface area contributed by atoms with Crippen LogP contribution in [-0.2, 0) is 0 Å². The van der Waals surface area contributed by atoms with Crippen molar-refractivity contribution >= 4 is 0 Å². The first-order valence-electron chi connectivity index (χ1n) is 8.86. The molecule has 0 heterocycles. The number of hydrogen-bond acceptors (Lipinski definition) is 2. The molecule has 4 rings (SSSR count). The Morgan fingerprint density at radius 1 is 1.14 bits per heavy atom. The molecule has 2 fully saturated rings. The standard InChI is InChI=1S/C20H28O2/c1-12-8-10-19(2)15-9-11-20(3)14(6-7-17(20)21)13(15)4-5-16(19)18(12)22/h4-5,13-15,17,21-22H,1,6-11H2,2-3H3/t13-,14-,15-,17-,19+,20-/m0/s1. The molecule has 6 atom stereocenters. The molecule has 0 saturated heterocycles.